The molecule has 0 aliphatic carbocycles. The summed E-state index contributed by atoms with van der Waals surface area (Å²) in [7, 11) is 1.61. The van der Waals surface area contributed by atoms with Crippen molar-refractivity contribution in [3.05, 3.63) is 86.4 Å². The second-order valence-electron chi connectivity index (χ2n) is 7.00. The molecule has 0 spiro atoms. The van der Waals surface area contributed by atoms with Gasteiger partial charge in [0, 0.05) is 11.6 Å². The molecular formula is C23H23N3O3S. The minimum atomic E-state index is -0.291. The van der Waals surface area contributed by atoms with Crippen molar-refractivity contribution < 1.29 is 9.47 Å². The molecule has 0 fully saturated rings. The van der Waals surface area contributed by atoms with Crippen LogP contribution in [-0.2, 0) is 0 Å². The number of hydrogen-bond donors (Lipinski definition) is 3. The maximum absolute atomic E-state index is 12.8. The van der Waals surface area contributed by atoms with E-state index in [1.807, 2.05) is 54.6 Å². The first kappa shape index (κ1) is 20.0. The molecule has 6 nitrogen and oxygen atoms in total. The zero-order valence-corrected chi connectivity index (χ0v) is 17.6. The zero-order chi connectivity index (χ0) is 21.1. The third-order valence-electron chi connectivity index (χ3n) is 4.98. The summed E-state index contributed by atoms with van der Waals surface area (Å²) in [6.45, 7) is 2.67. The molecule has 1 aliphatic heterocycles. The number of fused-ring (bicyclic) bond motifs is 1. The van der Waals surface area contributed by atoms with Gasteiger partial charge in [-0.1, -0.05) is 43.3 Å². The predicted octanol–water partition coefficient (Wildman–Crippen LogP) is 4.83. The maximum atomic E-state index is 12.8. The highest BCUT2D eigenvalue weighted by molar-refractivity contribution is 7.71. The van der Waals surface area contributed by atoms with Crippen molar-refractivity contribution in [2.24, 2.45) is 0 Å². The summed E-state index contributed by atoms with van der Waals surface area (Å²) in [5.74, 6) is 1.63. The van der Waals surface area contributed by atoms with Crippen molar-refractivity contribution in [1.29, 1.82) is 0 Å². The number of ether oxygens (including phenoxy) is 2. The lowest BCUT2D eigenvalue weighted by Gasteiger charge is -2.26. The van der Waals surface area contributed by atoms with Gasteiger partial charge in [0.2, 0.25) is 0 Å². The van der Waals surface area contributed by atoms with Gasteiger partial charge in [-0.3, -0.25) is 9.78 Å². The van der Waals surface area contributed by atoms with Crippen LogP contribution in [-0.4, -0.2) is 23.7 Å². The zero-order valence-electron chi connectivity index (χ0n) is 16.8. The van der Waals surface area contributed by atoms with Crippen molar-refractivity contribution in [2.45, 2.75) is 19.3 Å². The van der Waals surface area contributed by atoms with Crippen LogP contribution in [0.25, 0.3) is 5.70 Å². The Morgan fingerprint density at radius 3 is 2.60 bits per heavy atom. The number of aromatic amines is 2. The lowest BCUT2D eigenvalue weighted by Crippen LogP contribution is -2.24. The van der Waals surface area contributed by atoms with E-state index in [1.165, 1.54) is 0 Å². The highest BCUT2D eigenvalue weighted by Crippen LogP contribution is 2.39. The molecular weight excluding hydrogens is 398 g/mol. The van der Waals surface area contributed by atoms with Gasteiger partial charge in [0.15, 0.2) is 16.3 Å². The second kappa shape index (κ2) is 8.59. The van der Waals surface area contributed by atoms with Crippen molar-refractivity contribution in [3.8, 4) is 11.5 Å². The van der Waals surface area contributed by atoms with E-state index in [0.29, 0.717) is 29.5 Å². The van der Waals surface area contributed by atoms with Gasteiger partial charge in [-0.2, -0.15) is 0 Å². The van der Waals surface area contributed by atoms with Gasteiger partial charge in [-0.15, -0.1) is 0 Å². The van der Waals surface area contributed by atoms with Gasteiger partial charge >= 0.3 is 0 Å². The number of anilines is 1. The van der Waals surface area contributed by atoms with Gasteiger partial charge in [-0.05, 0) is 48.0 Å². The van der Waals surface area contributed by atoms with Crippen LogP contribution in [0.2, 0.25) is 0 Å². The second-order valence-corrected chi connectivity index (χ2v) is 7.41. The SMILES string of the molecule is CCCOc1ccc(C2C=C(c3ccccc3)Nc3[nH]c(=S)[nH]c(=O)c32)cc1OC. The smallest absolute Gasteiger partial charge is 0.257 e. The van der Waals surface area contributed by atoms with Crippen LogP contribution in [0.15, 0.2) is 59.4 Å². The van der Waals surface area contributed by atoms with Crippen LogP contribution in [0.4, 0.5) is 5.82 Å². The Hall–Kier alpha value is -3.32. The van der Waals surface area contributed by atoms with Crippen molar-refractivity contribution >= 4 is 23.7 Å². The van der Waals surface area contributed by atoms with Gasteiger partial charge in [-0.25, -0.2) is 0 Å². The average molecular weight is 422 g/mol. The van der Waals surface area contributed by atoms with Gasteiger partial charge in [0.1, 0.15) is 5.82 Å². The summed E-state index contributed by atoms with van der Waals surface area (Å²) >= 11 is 5.19. The summed E-state index contributed by atoms with van der Waals surface area (Å²) < 4.78 is 11.6. The number of rotatable bonds is 6. The van der Waals surface area contributed by atoms with Crippen LogP contribution in [0.3, 0.4) is 0 Å². The molecule has 1 atom stereocenters. The Kier molecular flexibility index (Phi) is 5.72. The summed E-state index contributed by atoms with van der Waals surface area (Å²) in [6.07, 6.45) is 2.95. The van der Waals surface area contributed by atoms with Crippen molar-refractivity contribution in [3.63, 3.8) is 0 Å². The summed E-state index contributed by atoms with van der Waals surface area (Å²) in [4.78, 5) is 18.6. The molecule has 1 aliphatic rings. The molecule has 7 heteroatoms. The maximum Gasteiger partial charge on any atom is 0.257 e. The largest absolute Gasteiger partial charge is 0.493 e. The third-order valence-corrected chi connectivity index (χ3v) is 5.18. The van der Waals surface area contributed by atoms with E-state index in [4.69, 9.17) is 21.7 Å². The van der Waals surface area contributed by atoms with E-state index in [9.17, 15) is 4.79 Å². The Balaban J connectivity index is 1.85. The number of aromatic nitrogens is 2. The fourth-order valence-electron chi connectivity index (χ4n) is 3.58. The van der Waals surface area contributed by atoms with Crippen LogP contribution in [0.1, 0.15) is 36.0 Å². The van der Waals surface area contributed by atoms with Crippen LogP contribution in [0, 0.1) is 4.77 Å². The molecule has 0 bridgehead atoms. The minimum Gasteiger partial charge on any atom is -0.493 e. The number of hydrogen-bond acceptors (Lipinski definition) is 5. The van der Waals surface area contributed by atoms with E-state index in [1.54, 1.807) is 7.11 Å². The number of benzene rings is 2. The number of nitrogens with one attached hydrogen (secondary N) is 3. The molecule has 4 rings (SSSR count). The van der Waals surface area contributed by atoms with Gasteiger partial charge in [0.25, 0.3) is 5.56 Å². The van der Waals surface area contributed by atoms with Crippen molar-refractivity contribution in [1.82, 2.24) is 9.97 Å². The fourth-order valence-corrected chi connectivity index (χ4v) is 3.77. The van der Waals surface area contributed by atoms with E-state index in [2.05, 4.69) is 22.2 Å². The standard InChI is InChI=1S/C23H23N3O3S/c1-3-11-29-18-10-9-15(12-19(18)28-2)16-13-17(14-7-5-4-6-8-14)24-21-20(16)22(27)26-23(30)25-21/h4-10,12-13,16H,3,11H2,1-2H3,(H3,24,25,26,27,30). The molecule has 3 aromatic rings. The predicted molar refractivity (Wildman–Crippen MR) is 121 cm³/mol. The minimum absolute atomic E-state index is 0.222. The van der Waals surface area contributed by atoms with E-state index >= 15 is 0 Å². The molecule has 0 saturated heterocycles. The quantitative estimate of drug-likeness (QED) is 0.497. The first-order chi connectivity index (χ1) is 14.6. The van der Waals surface area contributed by atoms with Gasteiger partial charge in [0.05, 0.1) is 19.3 Å². The topological polar surface area (TPSA) is 79.1 Å². The molecule has 1 aromatic heterocycles. The molecule has 3 N–H and O–H groups in total. The van der Waals surface area contributed by atoms with E-state index < -0.39 is 0 Å². The Bertz CT molecular complexity index is 1200. The number of H-pyrrole nitrogens is 2. The first-order valence-electron chi connectivity index (χ1n) is 9.82. The lowest BCUT2D eigenvalue weighted by molar-refractivity contribution is 0.294. The molecule has 154 valence electrons. The van der Waals surface area contributed by atoms with Crippen LogP contribution in [0.5, 0.6) is 11.5 Å². The Morgan fingerprint density at radius 1 is 1.07 bits per heavy atom. The highest BCUT2D eigenvalue weighted by Gasteiger charge is 2.27. The molecule has 0 saturated carbocycles. The summed E-state index contributed by atoms with van der Waals surface area (Å²) in [6, 6.07) is 15.7. The Morgan fingerprint density at radius 2 is 1.87 bits per heavy atom. The Labute approximate surface area is 179 Å². The van der Waals surface area contributed by atoms with Crippen LogP contribution >= 0.6 is 12.2 Å². The summed E-state index contributed by atoms with van der Waals surface area (Å²) in [5, 5.41) is 3.33. The van der Waals surface area contributed by atoms with Crippen molar-refractivity contribution in [2.75, 3.05) is 19.0 Å². The molecule has 1 unspecified atom stereocenters. The number of methoxy groups -OCH3 is 1. The molecule has 30 heavy (non-hydrogen) atoms. The highest BCUT2D eigenvalue weighted by atomic mass is 32.1. The normalized spacial score (nSPS) is 15.0. The fraction of sp³-hybridized carbons (Fsp3) is 0.217. The number of allylic oxidation sites excluding steroid dienone is 1. The molecule has 2 heterocycles. The lowest BCUT2D eigenvalue weighted by atomic mass is 9.88. The van der Waals surface area contributed by atoms with Gasteiger partial charge < -0.3 is 19.8 Å². The van der Waals surface area contributed by atoms with E-state index in [0.717, 1.165) is 23.2 Å². The molecule has 0 amide bonds. The monoisotopic (exact) mass is 421 g/mol. The first-order valence-corrected chi connectivity index (χ1v) is 10.2. The molecule has 0 radical (unpaired) electrons. The summed E-state index contributed by atoms with van der Waals surface area (Å²) in [5.41, 5.74) is 3.19. The van der Waals surface area contributed by atoms with Crippen LogP contribution < -0.4 is 20.3 Å². The third kappa shape index (κ3) is 3.89. The average Bonchev–Trinajstić information content (AvgIpc) is 2.77. The molecule has 2 aromatic carbocycles. The van der Waals surface area contributed by atoms with E-state index in [-0.39, 0.29) is 16.2 Å².